The monoisotopic (exact) mass is 300 g/mol. The first-order valence-corrected chi connectivity index (χ1v) is 6.23. The van der Waals surface area contributed by atoms with E-state index < -0.39 is 18.8 Å². The highest BCUT2D eigenvalue weighted by Crippen LogP contribution is 2.20. The molecule has 0 aromatic carbocycles. The van der Waals surface area contributed by atoms with Crippen molar-refractivity contribution in [2.75, 3.05) is 13.6 Å². The van der Waals surface area contributed by atoms with Crippen LogP contribution < -0.4 is 0 Å². The summed E-state index contributed by atoms with van der Waals surface area (Å²) in [7, 11) is 1.51. The summed E-state index contributed by atoms with van der Waals surface area (Å²) in [5.74, 6) is 0.675. The van der Waals surface area contributed by atoms with E-state index in [1.54, 1.807) is 41.6 Å². The Balaban J connectivity index is 1.94. The third kappa shape index (κ3) is 4.27. The first-order valence-electron chi connectivity index (χ1n) is 6.23. The second kappa shape index (κ2) is 6.23. The van der Waals surface area contributed by atoms with Gasteiger partial charge < -0.3 is 5.11 Å². The van der Waals surface area contributed by atoms with Crippen LogP contribution in [0.5, 0.6) is 0 Å². The average molecular weight is 300 g/mol. The van der Waals surface area contributed by atoms with Gasteiger partial charge in [-0.2, -0.15) is 13.2 Å². The SMILES string of the molecule is CN(Cc1ccc(-n2ccnc2)nc1)CC(O)C(F)(F)F. The molecular weight excluding hydrogens is 285 g/mol. The van der Waals surface area contributed by atoms with Gasteiger partial charge in [-0.1, -0.05) is 6.07 Å². The van der Waals surface area contributed by atoms with Gasteiger partial charge in [0, 0.05) is 31.7 Å². The largest absolute Gasteiger partial charge is 0.415 e. The predicted molar refractivity (Wildman–Crippen MR) is 69.8 cm³/mol. The molecule has 2 rings (SSSR count). The van der Waals surface area contributed by atoms with Crippen molar-refractivity contribution in [3.63, 3.8) is 0 Å². The molecule has 1 unspecified atom stereocenters. The standard InChI is InChI=1S/C13H15F3N4O/c1-19(8-11(21)13(14,15)16)7-10-2-3-12(18-6-10)20-5-4-17-9-20/h2-6,9,11,21H,7-8H2,1H3. The Morgan fingerprint density at radius 1 is 1.38 bits per heavy atom. The maximum Gasteiger partial charge on any atom is 0.415 e. The Morgan fingerprint density at radius 2 is 2.14 bits per heavy atom. The highest BCUT2D eigenvalue weighted by Gasteiger charge is 2.38. The van der Waals surface area contributed by atoms with E-state index in [-0.39, 0.29) is 6.54 Å². The zero-order chi connectivity index (χ0) is 15.5. The van der Waals surface area contributed by atoms with Gasteiger partial charge in [-0.15, -0.1) is 0 Å². The molecule has 2 aromatic rings. The van der Waals surface area contributed by atoms with Gasteiger partial charge in [0.05, 0.1) is 0 Å². The lowest BCUT2D eigenvalue weighted by atomic mass is 10.2. The molecular formula is C13H15F3N4O. The molecule has 0 amide bonds. The van der Waals surface area contributed by atoms with Crippen LogP contribution in [0, 0.1) is 0 Å². The Labute approximate surface area is 119 Å². The first kappa shape index (κ1) is 15.5. The normalized spacial score (nSPS) is 13.6. The van der Waals surface area contributed by atoms with Crippen LogP contribution in [0.2, 0.25) is 0 Å². The lowest BCUT2D eigenvalue weighted by molar-refractivity contribution is -0.207. The molecule has 0 aliphatic heterocycles. The number of rotatable bonds is 5. The Bertz CT molecular complexity index is 554. The summed E-state index contributed by atoms with van der Waals surface area (Å²) >= 11 is 0. The number of aliphatic hydroxyl groups excluding tert-OH is 1. The number of pyridine rings is 1. The van der Waals surface area contributed by atoms with Gasteiger partial charge in [-0.25, -0.2) is 9.97 Å². The van der Waals surface area contributed by atoms with Crippen molar-refractivity contribution in [1.82, 2.24) is 19.4 Å². The minimum Gasteiger partial charge on any atom is -0.382 e. The quantitative estimate of drug-likeness (QED) is 0.912. The Hall–Kier alpha value is -1.93. The zero-order valence-corrected chi connectivity index (χ0v) is 11.3. The summed E-state index contributed by atoms with van der Waals surface area (Å²) in [6, 6.07) is 3.53. The zero-order valence-electron chi connectivity index (χ0n) is 11.3. The van der Waals surface area contributed by atoms with Gasteiger partial charge >= 0.3 is 6.18 Å². The topological polar surface area (TPSA) is 54.2 Å². The molecule has 0 aliphatic carbocycles. The molecule has 0 spiro atoms. The van der Waals surface area contributed by atoms with E-state index in [0.29, 0.717) is 5.82 Å². The highest BCUT2D eigenvalue weighted by atomic mass is 19.4. The van der Waals surface area contributed by atoms with E-state index in [4.69, 9.17) is 5.11 Å². The molecule has 21 heavy (non-hydrogen) atoms. The molecule has 0 radical (unpaired) electrons. The van der Waals surface area contributed by atoms with Gasteiger partial charge in [-0.3, -0.25) is 9.47 Å². The number of aliphatic hydroxyl groups is 1. The van der Waals surface area contributed by atoms with Crippen LogP contribution in [-0.2, 0) is 6.54 Å². The third-order valence-corrected chi connectivity index (χ3v) is 2.89. The van der Waals surface area contributed by atoms with Gasteiger partial charge in [0.15, 0.2) is 6.10 Å². The van der Waals surface area contributed by atoms with Crippen LogP contribution in [0.15, 0.2) is 37.1 Å². The lowest BCUT2D eigenvalue weighted by Crippen LogP contribution is -2.39. The minimum atomic E-state index is -4.60. The van der Waals surface area contributed by atoms with Gasteiger partial charge in [-0.05, 0) is 18.7 Å². The van der Waals surface area contributed by atoms with Crippen molar-refractivity contribution < 1.29 is 18.3 Å². The number of hydrogen-bond acceptors (Lipinski definition) is 4. The molecule has 1 N–H and O–H groups in total. The van der Waals surface area contributed by atoms with E-state index in [1.165, 1.54) is 11.9 Å². The van der Waals surface area contributed by atoms with Crippen LogP contribution in [-0.4, -0.2) is 50.4 Å². The maximum absolute atomic E-state index is 12.3. The third-order valence-electron chi connectivity index (χ3n) is 2.89. The molecule has 2 heterocycles. The first-order chi connectivity index (χ1) is 9.86. The summed E-state index contributed by atoms with van der Waals surface area (Å²) in [6.45, 7) is -0.211. The van der Waals surface area contributed by atoms with E-state index in [2.05, 4.69) is 9.97 Å². The maximum atomic E-state index is 12.3. The van der Waals surface area contributed by atoms with Crippen LogP contribution >= 0.6 is 0 Å². The van der Waals surface area contributed by atoms with Crippen molar-refractivity contribution in [2.24, 2.45) is 0 Å². The van der Waals surface area contributed by atoms with Crippen LogP contribution in [0.25, 0.3) is 5.82 Å². The van der Waals surface area contributed by atoms with E-state index in [1.807, 2.05) is 0 Å². The molecule has 0 saturated heterocycles. The molecule has 0 bridgehead atoms. The highest BCUT2D eigenvalue weighted by molar-refractivity contribution is 5.25. The second-order valence-electron chi connectivity index (χ2n) is 4.75. The summed E-state index contributed by atoms with van der Waals surface area (Å²) in [6.07, 6.45) is -0.381. The van der Waals surface area contributed by atoms with E-state index >= 15 is 0 Å². The molecule has 0 saturated carbocycles. The second-order valence-corrected chi connectivity index (χ2v) is 4.75. The fraction of sp³-hybridized carbons (Fsp3) is 0.385. The molecule has 114 valence electrons. The van der Waals surface area contributed by atoms with Crippen LogP contribution in [0.1, 0.15) is 5.56 Å². The van der Waals surface area contributed by atoms with Gasteiger partial charge in [0.2, 0.25) is 0 Å². The molecule has 5 nitrogen and oxygen atoms in total. The fourth-order valence-electron chi connectivity index (χ4n) is 1.83. The van der Waals surface area contributed by atoms with Crippen molar-refractivity contribution in [1.29, 1.82) is 0 Å². The smallest absolute Gasteiger partial charge is 0.382 e. The molecule has 0 fully saturated rings. The summed E-state index contributed by atoms with van der Waals surface area (Å²) in [5, 5.41) is 9.01. The number of likely N-dealkylation sites (N-methyl/N-ethyl adjacent to an activating group) is 1. The summed E-state index contributed by atoms with van der Waals surface area (Å²) in [4.78, 5) is 9.51. The number of imidazole rings is 1. The lowest BCUT2D eigenvalue weighted by Gasteiger charge is -2.22. The Kier molecular flexibility index (Phi) is 4.59. The van der Waals surface area contributed by atoms with Gasteiger partial charge in [0.25, 0.3) is 0 Å². The van der Waals surface area contributed by atoms with Crippen molar-refractivity contribution in [2.45, 2.75) is 18.8 Å². The van der Waals surface area contributed by atoms with E-state index in [0.717, 1.165) is 5.56 Å². The van der Waals surface area contributed by atoms with E-state index in [9.17, 15) is 13.2 Å². The van der Waals surface area contributed by atoms with Crippen LogP contribution in [0.4, 0.5) is 13.2 Å². The summed E-state index contributed by atoms with van der Waals surface area (Å²) in [5.41, 5.74) is 0.760. The minimum absolute atomic E-state index is 0.268. The molecule has 2 aromatic heterocycles. The van der Waals surface area contributed by atoms with Crippen molar-refractivity contribution in [3.8, 4) is 5.82 Å². The van der Waals surface area contributed by atoms with Crippen molar-refractivity contribution >= 4 is 0 Å². The fourth-order valence-corrected chi connectivity index (χ4v) is 1.83. The number of alkyl halides is 3. The molecule has 8 heteroatoms. The number of halogens is 3. The Morgan fingerprint density at radius 3 is 2.67 bits per heavy atom. The van der Waals surface area contributed by atoms with Crippen molar-refractivity contribution in [3.05, 3.63) is 42.6 Å². The number of aromatic nitrogens is 3. The molecule has 0 aliphatic rings. The van der Waals surface area contributed by atoms with Gasteiger partial charge in [0.1, 0.15) is 12.1 Å². The summed E-state index contributed by atoms with van der Waals surface area (Å²) < 4.78 is 38.5. The number of nitrogens with zero attached hydrogens (tertiary/aromatic N) is 4. The molecule has 1 atom stereocenters. The van der Waals surface area contributed by atoms with Crippen LogP contribution in [0.3, 0.4) is 0 Å². The predicted octanol–water partition coefficient (Wildman–Crippen LogP) is 1.62. The number of hydrogen-bond donors (Lipinski definition) is 1. The average Bonchev–Trinajstić information content (AvgIpc) is 2.92.